The summed E-state index contributed by atoms with van der Waals surface area (Å²) in [7, 11) is 1.66. The molecule has 2 unspecified atom stereocenters. The van der Waals surface area contributed by atoms with Crippen molar-refractivity contribution in [1.82, 2.24) is 14.5 Å². The Labute approximate surface area is 210 Å². The van der Waals surface area contributed by atoms with Crippen molar-refractivity contribution in [1.29, 1.82) is 0 Å². The number of methoxy groups -OCH3 is 1. The van der Waals surface area contributed by atoms with Gasteiger partial charge in [0, 0.05) is 12.7 Å². The predicted molar refractivity (Wildman–Crippen MR) is 137 cm³/mol. The molecule has 188 valence electrons. The van der Waals surface area contributed by atoms with E-state index in [4.69, 9.17) is 9.57 Å². The van der Waals surface area contributed by atoms with Crippen LogP contribution in [0.2, 0.25) is 0 Å². The molecular formula is C28H31FN4O3. The third kappa shape index (κ3) is 4.60. The number of fused-ring (bicyclic) bond motifs is 1. The third-order valence-electron chi connectivity index (χ3n) is 6.73. The molecular weight excluding hydrogens is 459 g/mol. The highest BCUT2D eigenvalue weighted by molar-refractivity contribution is 6.03. The molecule has 3 aromatic rings. The summed E-state index contributed by atoms with van der Waals surface area (Å²) in [5.74, 6) is 1.16. The zero-order valence-electron chi connectivity index (χ0n) is 21.0. The highest BCUT2D eigenvalue weighted by Gasteiger charge is 2.41. The minimum atomic E-state index is -0.776. The van der Waals surface area contributed by atoms with E-state index in [0.717, 1.165) is 64.6 Å². The van der Waals surface area contributed by atoms with E-state index >= 15 is 0 Å². The van der Waals surface area contributed by atoms with Crippen LogP contribution in [0.15, 0.2) is 59.7 Å². The molecule has 3 atom stereocenters. The van der Waals surface area contributed by atoms with Gasteiger partial charge >= 0.3 is 0 Å². The molecule has 2 aromatic carbocycles. The lowest BCUT2D eigenvalue weighted by Crippen LogP contribution is -2.51. The molecule has 0 radical (unpaired) electrons. The molecule has 1 N–H and O–H groups in total. The summed E-state index contributed by atoms with van der Waals surface area (Å²) in [5, 5.41) is 14.9. The van der Waals surface area contributed by atoms with Gasteiger partial charge in [0.05, 0.1) is 37.0 Å². The van der Waals surface area contributed by atoms with E-state index < -0.39 is 12.2 Å². The molecule has 3 heterocycles. The molecule has 36 heavy (non-hydrogen) atoms. The van der Waals surface area contributed by atoms with Gasteiger partial charge in [-0.25, -0.2) is 9.37 Å². The first-order chi connectivity index (χ1) is 17.3. The number of amidine groups is 1. The molecule has 1 fully saturated rings. The molecule has 0 aliphatic carbocycles. The number of rotatable bonds is 5. The van der Waals surface area contributed by atoms with Gasteiger partial charge in [0.2, 0.25) is 0 Å². The van der Waals surface area contributed by atoms with Crippen LogP contribution in [0.1, 0.15) is 48.2 Å². The number of aromatic nitrogens is 2. The Bertz CT molecular complexity index is 1310. The molecule has 2 aliphatic rings. The van der Waals surface area contributed by atoms with E-state index in [-0.39, 0.29) is 11.9 Å². The van der Waals surface area contributed by atoms with Gasteiger partial charge in [0.15, 0.2) is 11.9 Å². The second-order valence-electron chi connectivity index (χ2n) is 9.55. The number of imidazole rings is 1. The van der Waals surface area contributed by atoms with Crippen molar-refractivity contribution in [3.8, 4) is 11.4 Å². The third-order valence-corrected chi connectivity index (χ3v) is 6.73. The number of hydrogen-bond donors (Lipinski definition) is 1. The summed E-state index contributed by atoms with van der Waals surface area (Å²) in [5.41, 5.74) is 5.43. The number of aliphatic hydroxyl groups excluding tert-OH is 1. The van der Waals surface area contributed by atoms with Crippen LogP contribution in [-0.2, 0) is 4.84 Å². The lowest BCUT2D eigenvalue weighted by atomic mass is 9.90. The summed E-state index contributed by atoms with van der Waals surface area (Å²) in [6.07, 6.45) is 6.18. The fourth-order valence-electron chi connectivity index (χ4n) is 5.11. The van der Waals surface area contributed by atoms with Gasteiger partial charge < -0.3 is 24.1 Å². The Balaban J connectivity index is 1.51. The SMILES string of the molecule is COc1cc(/C=C2\CCCN3C2=NOC(C(C)O)[C@@H]3c2cc(C)cc(F)c2)ccc1-n1cnc(C)c1. The van der Waals surface area contributed by atoms with Crippen LogP contribution in [0.3, 0.4) is 0 Å². The fourth-order valence-corrected chi connectivity index (χ4v) is 5.11. The summed E-state index contributed by atoms with van der Waals surface area (Å²) in [6.45, 7) is 6.24. The van der Waals surface area contributed by atoms with Crippen molar-refractivity contribution >= 4 is 11.9 Å². The average molecular weight is 491 g/mol. The van der Waals surface area contributed by atoms with E-state index in [0.29, 0.717) is 0 Å². The van der Waals surface area contributed by atoms with Crippen molar-refractivity contribution in [2.24, 2.45) is 5.16 Å². The smallest absolute Gasteiger partial charge is 0.177 e. The summed E-state index contributed by atoms with van der Waals surface area (Å²) < 4.78 is 22.0. The standard InChI is InChI=1S/C28H31FN4O3/c1-17-10-22(14-23(29)11-17)26-27(19(3)34)36-31-28-21(6-5-9-33(26)28)12-20-7-8-24(25(13-20)35-4)32-15-18(2)30-16-32/h7-8,10-16,19,26-27,34H,5-6,9H2,1-4H3/b21-12+/t19?,26-,27?/m0/s1. The van der Waals surface area contributed by atoms with Gasteiger partial charge in [-0.1, -0.05) is 17.3 Å². The first-order valence-corrected chi connectivity index (χ1v) is 12.2. The molecule has 0 amide bonds. The number of benzene rings is 2. The van der Waals surface area contributed by atoms with E-state index in [1.807, 2.05) is 48.9 Å². The molecule has 1 aromatic heterocycles. The Morgan fingerprint density at radius 1 is 1.22 bits per heavy atom. The molecule has 1 saturated heterocycles. The molecule has 0 spiro atoms. The van der Waals surface area contributed by atoms with Crippen LogP contribution >= 0.6 is 0 Å². The van der Waals surface area contributed by atoms with Crippen molar-refractivity contribution in [3.05, 3.63) is 82.7 Å². The van der Waals surface area contributed by atoms with Gasteiger partial charge in [-0.3, -0.25) is 0 Å². The highest BCUT2D eigenvalue weighted by Crippen LogP contribution is 2.38. The number of aryl methyl sites for hydroxylation is 2. The predicted octanol–water partition coefficient (Wildman–Crippen LogP) is 4.95. The van der Waals surface area contributed by atoms with Gasteiger partial charge in [-0.15, -0.1) is 0 Å². The molecule has 0 bridgehead atoms. The second kappa shape index (κ2) is 9.78. The van der Waals surface area contributed by atoms with Crippen LogP contribution in [0.25, 0.3) is 11.8 Å². The number of oxime groups is 1. The Morgan fingerprint density at radius 3 is 2.75 bits per heavy atom. The minimum Gasteiger partial charge on any atom is -0.495 e. The normalized spacial score (nSPS) is 21.6. The summed E-state index contributed by atoms with van der Waals surface area (Å²) >= 11 is 0. The van der Waals surface area contributed by atoms with Gasteiger partial charge in [-0.05, 0) is 86.2 Å². The maximum Gasteiger partial charge on any atom is 0.177 e. The average Bonchev–Trinajstić information content (AvgIpc) is 3.28. The van der Waals surface area contributed by atoms with Crippen LogP contribution in [0.5, 0.6) is 5.75 Å². The Kier molecular flexibility index (Phi) is 6.53. The topological polar surface area (TPSA) is 72.1 Å². The van der Waals surface area contributed by atoms with Gasteiger partial charge in [0.25, 0.3) is 0 Å². The number of halogens is 1. The van der Waals surface area contributed by atoms with Crippen molar-refractivity contribution in [2.45, 2.75) is 51.9 Å². The van der Waals surface area contributed by atoms with Crippen LogP contribution < -0.4 is 4.74 Å². The highest BCUT2D eigenvalue weighted by atomic mass is 19.1. The molecule has 7 nitrogen and oxygen atoms in total. The summed E-state index contributed by atoms with van der Waals surface area (Å²) in [4.78, 5) is 12.3. The lowest BCUT2D eigenvalue weighted by Gasteiger charge is -2.44. The Hall–Kier alpha value is -3.65. The van der Waals surface area contributed by atoms with E-state index in [2.05, 4.69) is 21.1 Å². The Morgan fingerprint density at radius 2 is 2.06 bits per heavy atom. The van der Waals surface area contributed by atoms with Crippen LogP contribution in [0, 0.1) is 19.7 Å². The lowest BCUT2D eigenvalue weighted by molar-refractivity contribution is -0.0830. The first-order valence-electron chi connectivity index (χ1n) is 12.2. The quantitative estimate of drug-likeness (QED) is 0.548. The van der Waals surface area contributed by atoms with E-state index in [1.54, 1.807) is 20.4 Å². The number of aliphatic hydroxyl groups is 1. The minimum absolute atomic E-state index is 0.300. The molecule has 8 heteroatoms. The van der Waals surface area contributed by atoms with Gasteiger partial charge in [0.1, 0.15) is 11.6 Å². The van der Waals surface area contributed by atoms with Crippen LogP contribution in [0.4, 0.5) is 4.39 Å². The molecule has 2 aliphatic heterocycles. The van der Waals surface area contributed by atoms with Crippen molar-refractivity contribution in [3.63, 3.8) is 0 Å². The zero-order valence-corrected chi connectivity index (χ0v) is 21.0. The zero-order chi connectivity index (χ0) is 25.4. The van der Waals surface area contributed by atoms with Crippen LogP contribution in [-0.4, -0.2) is 51.3 Å². The maximum absolute atomic E-state index is 14.3. The maximum atomic E-state index is 14.3. The number of ether oxygens (including phenoxy) is 1. The largest absolute Gasteiger partial charge is 0.495 e. The molecule has 0 saturated carbocycles. The van der Waals surface area contributed by atoms with Crippen molar-refractivity contribution in [2.75, 3.05) is 13.7 Å². The van der Waals surface area contributed by atoms with Gasteiger partial charge in [-0.2, -0.15) is 0 Å². The van der Waals surface area contributed by atoms with E-state index in [9.17, 15) is 9.50 Å². The van der Waals surface area contributed by atoms with E-state index in [1.165, 1.54) is 12.1 Å². The number of nitrogens with zero attached hydrogens (tertiary/aromatic N) is 4. The summed E-state index contributed by atoms with van der Waals surface area (Å²) in [6, 6.07) is 10.7. The monoisotopic (exact) mass is 490 g/mol. The first kappa shape index (κ1) is 24.1. The van der Waals surface area contributed by atoms with Crippen molar-refractivity contribution < 1.29 is 19.1 Å². The second-order valence-corrected chi connectivity index (χ2v) is 9.55. The number of hydrogen-bond acceptors (Lipinski definition) is 6. The number of piperidine rings is 1. The fraction of sp³-hybridized carbons (Fsp3) is 0.357. The molecule has 5 rings (SSSR count).